The smallest absolute Gasteiger partial charge is 0.414 e. The van der Waals surface area contributed by atoms with Crippen molar-refractivity contribution >= 4 is 32.7 Å². The first-order valence-electron chi connectivity index (χ1n) is 10.4. The van der Waals surface area contributed by atoms with Gasteiger partial charge in [-0.25, -0.2) is 13.2 Å². The van der Waals surface area contributed by atoms with Crippen LogP contribution in [0.4, 0.5) is 10.5 Å². The second-order valence-corrected chi connectivity index (χ2v) is 9.88. The highest BCUT2D eigenvalue weighted by atomic mass is 32.2. The highest BCUT2D eigenvalue weighted by Crippen LogP contribution is 2.35. The summed E-state index contributed by atoms with van der Waals surface area (Å²) in [4.78, 5) is 18.9. The molecule has 0 unspecified atom stereocenters. The number of hydrogen-bond acceptors (Lipinski definition) is 5. The molecule has 0 aliphatic carbocycles. The Balaban J connectivity index is 1.40. The van der Waals surface area contributed by atoms with Crippen LogP contribution in [0.2, 0.25) is 0 Å². The molecule has 1 fully saturated rings. The first-order valence-corrected chi connectivity index (χ1v) is 11.8. The molecule has 0 spiro atoms. The molecule has 1 amide bonds. The van der Waals surface area contributed by atoms with Gasteiger partial charge in [-0.05, 0) is 37.5 Å². The van der Waals surface area contributed by atoms with Crippen LogP contribution in [-0.4, -0.2) is 42.9 Å². The van der Waals surface area contributed by atoms with E-state index in [1.54, 1.807) is 29.3 Å². The standard InChI is InChI=1S/C23H23N3O4S/c1-16-5-2-7-18-15-30-23(27)26(22(16)18)19-10-13-25(14-11-19)31(28,29)20-9-3-6-17-8-4-12-24-21(17)20/h2-9,12,19H,10-11,13-15H2,1H3. The maximum Gasteiger partial charge on any atom is 0.414 e. The van der Waals surface area contributed by atoms with Gasteiger partial charge in [-0.3, -0.25) is 9.88 Å². The third-order valence-corrected chi connectivity index (χ3v) is 8.04. The van der Waals surface area contributed by atoms with E-state index in [4.69, 9.17) is 4.74 Å². The molecule has 1 saturated heterocycles. The normalized spacial score (nSPS) is 18.1. The molecule has 31 heavy (non-hydrogen) atoms. The molecular weight excluding hydrogens is 414 g/mol. The van der Waals surface area contributed by atoms with Crippen LogP contribution in [0.1, 0.15) is 24.0 Å². The second kappa shape index (κ2) is 7.62. The quantitative estimate of drug-likeness (QED) is 0.622. The minimum absolute atomic E-state index is 0.107. The number of para-hydroxylation sites is 2. The first-order chi connectivity index (χ1) is 15.0. The van der Waals surface area contributed by atoms with Crippen molar-refractivity contribution in [2.45, 2.75) is 37.3 Å². The lowest BCUT2D eigenvalue weighted by molar-refractivity contribution is 0.135. The van der Waals surface area contributed by atoms with Gasteiger partial charge in [0, 0.05) is 36.3 Å². The van der Waals surface area contributed by atoms with Crippen molar-refractivity contribution in [3.8, 4) is 0 Å². The van der Waals surface area contributed by atoms with E-state index in [1.165, 1.54) is 4.31 Å². The maximum atomic E-state index is 13.4. The van der Waals surface area contributed by atoms with Crippen LogP contribution < -0.4 is 4.90 Å². The zero-order valence-corrected chi connectivity index (χ0v) is 18.0. The second-order valence-electron chi connectivity index (χ2n) is 7.97. The molecule has 0 radical (unpaired) electrons. The number of anilines is 1. The number of pyridine rings is 1. The van der Waals surface area contributed by atoms with Crippen molar-refractivity contribution in [2.24, 2.45) is 0 Å². The summed E-state index contributed by atoms with van der Waals surface area (Å²) in [5, 5.41) is 0.793. The van der Waals surface area contributed by atoms with Gasteiger partial charge in [0.05, 0.1) is 11.2 Å². The van der Waals surface area contributed by atoms with Crippen LogP contribution in [0.5, 0.6) is 0 Å². The van der Waals surface area contributed by atoms with Crippen molar-refractivity contribution in [1.29, 1.82) is 0 Å². The van der Waals surface area contributed by atoms with Crippen molar-refractivity contribution in [2.75, 3.05) is 18.0 Å². The lowest BCUT2D eigenvalue weighted by atomic mass is 10.00. The highest BCUT2D eigenvalue weighted by molar-refractivity contribution is 7.89. The number of piperidine rings is 1. The lowest BCUT2D eigenvalue weighted by Crippen LogP contribution is -2.50. The largest absolute Gasteiger partial charge is 0.444 e. The number of hydrogen-bond donors (Lipinski definition) is 0. The van der Waals surface area contributed by atoms with Gasteiger partial charge in [0.2, 0.25) is 10.0 Å². The number of amides is 1. The molecule has 2 aliphatic heterocycles. The summed E-state index contributed by atoms with van der Waals surface area (Å²) in [6, 6.07) is 14.7. The molecule has 0 bridgehead atoms. The average molecular weight is 438 g/mol. The number of rotatable bonds is 3. The predicted molar refractivity (Wildman–Crippen MR) is 117 cm³/mol. The predicted octanol–water partition coefficient (Wildman–Crippen LogP) is 3.85. The molecule has 7 nitrogen and oxygen atoms in total. The minimum Gasteiger partial charge on any atom is -0.444 e. The van der Waals surface area contributed by atoms with Crippen LogP contribution in [-0.2, 0) is 21.4 Å². The topological polar surface area (TPSA) is 79.8 Å². The lowest BCUT2D eigenvalue weighted by Gasteiger charge is -2.40. The molecule has 0 atom stereocenters. The maximum absolute atomic E-state index is 13.4. The molecule has 2 aliphatic rings. The zero-order valence-electron chi connectivity index (χ0n) is 17.2. The molecule has 1 aromatic heterocycles. The molecule has 8 heteroatoms. The SMILES string of the molecule is Cc1cccc2c1N(C1CCN(S(=O)(=O)c3cccc4cccnc34)CC1)C(=O)OC2. The van der Waals surface area contributed by atoms with Crippen molar-refractivity contribution in [3.63, 3.8) is 0 Å². The summed E-state index contributed by atoms with van der Waals surface area (Å²) >= 11 is 0. The van der Waals surface area contributed by atoms with Crippen molar-refractivity contribution in [1.82, 2.24) is 9.29 Å². The number of carbonyl (C=O) groups excluding carboxylic acids is 1. The minimum atomic E-state index is -3.69. The molecule has 2 aromatic carbocycles. The number of nitrogens with zero attached hydrogens (tertiary/aromatic N) is 3. The molecule has 160 valence electrons. The van der Waals surface area contributed by atoms with Gasteiger partial charge in [0.15, 0.2) is 0 Å². The Morgan fingerprint density at radius 3 is 2.58 bits per heavy atom. The Bertz CT molecular complexity index is 1260. The van der Waals surface area contributed by atoms with Crippen LogP contribution in [0.15, 0.2) is 59.6 Å². The molecule has 0 saturated carbocycles. The highest BCUT2D eigenvalue weighted by Gasteiger charge is 2.38. The number of cyclic esters (lactones) is 1. The summed E-state index contributed by atoms with van der Waals surface area (Å²) in [5.41, 5.74) is 3.39. The van der Waals surface area contributed by atoms with Crippen LogP contribution in [0.3, 0.4) is 0 Å². The first kappa shape index (κ1) is 20.0. The van der Waals surface area contributed by atoms with Gasteiger partial charge in [-0.1, -0.05) is 36.4 Å². The number of fused-ring (bicyclic) bond motifs is 2. The Morgan fingerprint density at radius 2 is 1.77 bits per heavy atom. The van der Waals surface area contributed by atoms with Gasteiger partial charge < -0.3 is 4.74 Å². The van der Waals surface area contributed by atoms with E-state index in [1.807, 2.05) is 37.3 Å². The molecular formula is C23H23N3O4S. The third-order valence-electron chi connectivity index (χ3n) is 6.11. The monoisotopic (exact) mass is 437 g/mol. The van der Waals surface area contributed by atoms with Crippen molar-refractivity contribution in [3.05, 3.63) is 65.9 Å². The Morgan fingerprint density at radius 1 is 1.03 bits per heavy atom. The summed E-state index contributed by atoms with van der Waals surface area (Å²) in [6.45, 7) is 2.92. The third kappa shape index (κ3) is 3.36. The summed E-state index contributed by atoms with van der Waals surface area (Å²) < 4.78 is 33.6. The molecule has 5 rings (SSSR count). The Kier molecular flexibility index (Phi) is 4.91. The number of sulfonamides is 1. The molecule has 0 N–H and O–H groups in total. The van der Waals surface area contributed by atoms with E-state index in [9.17, 15) is 13.2 Å². The van der Waals surface area contributed by atoms with E-state index < -0.39 is 10.0 Å². The van der Waals surface area contributed by atoms with Crippen LogP contribution in [0.25, 0.3) is 10.9 Å². The average Bonchev–Trinajstić information content (AvgIpc) is 2.79. The summed E-state index contributed by atoms with van der Waals surface area (Å²) in [7, 11) is -3.69. The molecule has 3 heterocycles. The van der Waals surface area contributed by atoms with Gasteiger partial charge >= 0.3 is 6.09 Å². The molecule has 3 aromatic rings. The van der Waals surface area contributed by atoms with E-state index in [0.717, 1.165) is 22.2 Å². The van der Waals surface area contributed by atoms with Crippen LogP contribution >= 0.6 is 0 Å². The van der Waals surface area contributed by atoms with Crippen LogP contribution in [0, 0.1) is 6.92 Å². The van der Waals surface area contributed by atoms with E-state index in [0.29, 0.717) is 31.4 Å². The summed E-state index contributed by atoms with van der Waals surface area (Å²) in [6.07, 6.45) is 2.33. The zero-order chi connectivity index (χ0) is 21.6. The van der Waals surface area contributed by atoms with Crippen molar-refractivity contribution < 1.29 is 17.9 Å². The number of carbonyl (C=O) groups is 1. The van der Waals surface area contributed by atoms with E-state index >= 15 is 0 Å². The van der Waals surface area contributed by atoms with Gasteiger partial charge in [-0.2, -0.15) is 4.31 Å². The van der Waals surface area contributed by atoms with E-state index in [-0.39, 0.29) is 23.6 Å². The van der Waals surface area contributed by atoms with E-state index in [2.05, 4.69) is 4.98 Å². The summed E-state index contributed by atoms with van der Waals surface area (Å²) in [5.74, 6) is 0. The number of benzene rings is 2. The Labute approximate surface area is 181 Å². The number of aryl methyl sites for hydroxylation is 1. The fourth-order valence-electron chi connectivity index (χ4n) is 4.58. The Hall–Kier alpha value is -2.97. The fraction of sp³-hybridized carbons (Fsp3) is 0.304. The van der Waals surface area contributed by atoms with Gasteiger partial charge in [0.1, 0.15) is 11.5 Å². The van der Waals surface area contributed by atoms with Gasteiger partial charge in [-0.15, -0.1) is 0 Å². The number of aromatic nitrogens is 1. The fourth-order valence-corrected chi connectivity index (χ4v) is 6.21. The number of ether oxygens (including phenoxy) is 1. The van der Waals surface area contributed by atoms with Gasteiger partial charge in [0.25, 0.3) is 0 Å².